The van der Waals surface area contributed by atoms with E-state index in [4.69, 9.17) is 24.3 Å². The minimum Gasteiger partial charge on any atom is -0.462 e. The molecule has 0 fully saturated rings. The molecular formula is C43H76NO8P. The number of nitrogens with two attached hydrogens (primary N) is 1. The minimum absolute atomic E-state index is 0.0414. The van der Waals surface area contributed by atoms with Gasteiger partial charge in [0.1, 0.15) is 6.61 Å². The Morgan fingerprint density at radius 3 is 1.57 bits per heavy atom. The lowest BCUT2D eigenvalue weighted by Gasteiger charge is -2.19. The van der Waals surface area contributed by atoms with Crippen molar-refractivity contribution in [3.63, 3.8) is 0 Å². The van der Waals surface area contributed by atoms with Crippen molar-refractivity contribution in [3.05, 3.63) is 60.8 Å². The molecule has 0 aromatic heterocycles. The van der Waals surface area contributed by atoms with E-state index in [1.165, 1.54) is 70.6 Å². The van der Waals surface area contributed by atoms with E-state index in [2.05, 4.69) is 68.5 Å². The lowest BCUT2D eigenvalue weighted by Crippen LogP contribution is -2.29. The molecule has 0 bridgehead atoms. The van der Waals surface area contributed by atoms with E-state index in [1.807, 2.05) is 6.08 Å². The number of carbonyl (C=O) groups is 2. The van der Waals surface area contributed by atoms with Gasteiger partial charge in [-0.05, 0) is 77.0 Å². The van der Waals surface area contributed by atoms with Crippen molar-refractivity contribution in [1.29, 1.82) is 0 Å². The van der Waals surface area contributed by atoms with E-state index in [0.717, 1.165) is 51.4 Å². The second-order valence-electron chi connectivity index (χ2n) is 13.5. The fourth-order valence-corrected chi connectivity index (χ4v) is 6.03. The molecule has 306 valence electrons. The number of unbranched alkanes of at least 4 members (excludes halogenated alkanes) is 15. The third-order valence-electron chi connectivity index (χ3n) is 8.38. The van der Waals surface area contributed by atoms with Crippen molar-refractivity contribution in [2.45, 2.75) is 174 Å². The highest BCUT2D eigenvalue weighted by Gasteiger charge is 2.25. The monoisotopic (exact) mass is 766 g/mol. The topological polar surface area (TPSA) is 134 Å². The second-order valence-corrected chi connectivity index (χ2v) is 14.9. The highest BCUT2D eigenvalue weighted by Crippen LogP contribution is 2.43. The molecule has 10 heteroatoms. The number of esters is 2. The van der Waals surface area contributed by atoms with Gasteiger partial charge in [0, 0.05) is 19.4 Å². The summed E-state index contributed by atoms with van der Waals surface area (Å²) in [7, 11) is -4.39. The molecule has 53 heavy (non-hydrogen) atoms. The average Bonchev–Trinajstić information content (AvgIpc) is 3.14. The molecule has 9 nitrogen and oxygen atoms in total. The van der Waals surface area contributed by atoms with E-state index >= 15 is 0 Å². The van der Waals surface area contributed by atoms with Gasteiger partial charge in [-0.2, -0.15) is 0 Å². The van der Waals surface area contributed by atoms with E-state index in [0.29, 0.717) is 19.3 Å². The Bertz CT molecular complexity index is 1050. The van der Waals surface area contributed by atoms with E-state index in [9.17, 15) is 19.0 Å². The lowest BCUT2D eigenvalue weighted by atomic mass is 10.1. The first-order chi connectivity index (χ1) is 25.8. The van der Waals surface area contributed by atoms with Crippen LogP contribution in [0.15, 0.2) is 60.8 Å². The summed E-state index contributed by atoms with van der Waals surface area (Å²) in [5.74, 6) is -0.908. The van der Waals surface area contributed by atoms with Crippen LogP contribution in [-0.2, 0) is 32.7 Å². The van der Waals surface area contributed by atoms with Crippen LogP contribution >= 0.6 is 7.82 Å². The van der Waals surface area contributed by atoms with Gasteiger partial charge in [-0.25, -0.2) is 4.57 Å². The Balaban J connectivity index is 4.31. The van der Waals surface area contributed by atoms with Gasteiger partial charge >= 0.3 is 19.8 Å². The standard InChI is InChI=1S/C43H76NO8P/c1-3-5-7-9-11-13-15-17-19-20-22-24-26-28-30-32-34-36-43(46)52-41(40-51-53(47,48)50-38-37-44)39-49-42(45)35-33-31-29-27-25-23-21-18-16-14-12-10-8-6-4-2/h11,13,17-19,21-22,24,28,30,41H,3-10,12,14-16,20,23,25-27,29,31-40,44H2,1-2H3,(H,47,48)/t41-/m1/s1. The second kappa shape index (κ2) is 39.4. The van der Waals surface area contributed by atoms with Gasteiger partial charge < -0.3 is 20.1 Å². The van der Waals surface area contributed by atoms with Crippen LogP contribution in [0.1, 0.15) is 168 Å². The molecule has 0 rings (SSSR count). The molecule has 0 saturated carbocycles. The van der Waals surface area contributed by atoms with Crippen LogP contribution in [0.2, 0.25) is 0 Å². The molecule has 1 unspecified atom stereocenters. The quantitative estimate of drug-likeness (QED) is 0.0272. The Hall–Kier alpha value is -2.29. The zero-order valence-corrected chi connectivity index (χ0v) is 34.4. The van der Waals surface area contributed by atoms with Crippen molar-refractivity contribution in [1.82, 2.24) is 0 Å². The van der Waals surface area contributed by atoms with Crippen molar-refractivity contribution < 1.29 is 37.6 Å². The van der Waals surface area contributed by atoms with Crippen LogP contribution in [-0.4, -0.2) is 49.3 Å². The maximum absolute atomic E-state index is 12.5. The molecule has 0 radical (unpaired) electrons. The van der Waals surface area contributed by atoms with Gasteiger partial charge in [-0.3, -0.25) is 18.6 Å². The van der Waals surface area contributed by atoms with Gasteiger partial charge in [-0.15, -0.1) is 0 Å². The summed E-state index contributed by atoms with van der Waals surface area (Å²) >= 11 is 0. The van der Waals surface area contributed by atoms with E-state index in [1.54, 1.807) is 0 Å². The van der Waals surface area contributed by atoms with Crippen molar-refractivity contribution in [2.75, 3.05) is 26.4 Å². The molecule has 0 saturated heterocycles. The Labute approximate surface area is 323 Å². The lowest BCUT2D eigenvalue weighted by molar-refractivity contribution is -0.161. The van der Waals surface area contributed by atoms with E-state index in [-0.39, 0.29) is 32.6 Å². The van der Waals surface area contributed by atoms with Gasteiger partial charge in [-0.1, -0.05) is 139 Å². The van der Waals surface area contributed by atoms with Crippen LogP contribution in [0.4, 0.5) is 0 Å². The fourth-order valence-electron chi connectivity index (χ4n) is 5.27. The van der Waals surface area contributed by atoms with Crippen LogP contribution in [0, 0.1) is 0 Å². The number of phosphoric acid groups is 1. The van der Waals surface area contributed by atoms with E-state index < -0.39 is 32.5 Å². The number of hydrogen-bond donors (Lipinski definition) is 2. The summed E-state index contributed by atoms with van der Waals surface area (Å²) in [6, 6.07) is 0. The molecule has 0 aliphatic rings. The number of rotatable bonds is 38. The first-order valence-corrected chi connectivity index (χ1v) is 22.3. The largest absolute Gasteiger partial charge is 0.472 e. The van der Waals surface area contributed by atoms with Crippen LogP contribution < -0.4 is 5.73 Å². The Morgan fingerprint density at radius 1 is 0.566 bits per heavy atom. The molecule has 0 heterocycles. The molecular weight excluding hydrogens is 689 g/mol. The predicted molar refractivity (Wildman–Crippen MR) is 219 cm³/mol. The highest BCUT2D eigenvalue weighted by molar-refractivity contribution is 7.47. The normalized spacial score (nSPS) is 14.0. The SMILES string of the molecule is CCCCCC=CCC=CCC=CCC=CCCCC(=O)O[C@H](COC(=O)CCCCCCCC=CCCCCCCCC)COP(=O)(O)OCCN. The van der Waals surface area contributed by atoms with Gasteiger partial charge in [0.25, 0.3) is 0 Å². The Kier molecular flexibility index (Phi) is 37.7. The first-order valence-electron chi connectivity index (χ1n) is 20.8. The van der Waals surface area contributed by atoms with Crippen molar-refractivity contribution >= 4 is 19.8 Å². The summed E-state index contributed by atoms with van der Waals surface area (Å²) in [6.45, 7) is 3.61. The van der Waals surface area contributed by atoms with Crippen LogP contribution in [0.5, 0.6) is 0 Å². The molecule has 3 N–H and O–H groups in total. The third kappa shape index (κ3) is 39.2. The highest BCUT2D eigenvalue weighted by atomic mass is 31.2. The molecule has 0 amide bonds. The van der Waals surface area contributed by atoms with Gasteiger partial charge in [0.05, 0.1) is 13.2 Å². The Morgan fingerprint density at radius 2 is 1.00 bits per heavy atom. The zero-order chi connectivity index (χ0) is 38.9. The number of ether oxygens (including phenoxy) is 2. The zero-order valence-electron chi connectivity index (χ0n) is 33.5. The molecule has 0 aromatic rings. The summed E-state index contributed by atoms with van der Waals surface area (Å²) < 4.78 is 32.7. The van der Waals surface area contributed by atoms with Gasteiger partial charge in [0.2, 0.25) is 0 Å². The maximum atomic E-state index is 12.5. The molecule has 0 aliphatic heterocycles. The summed E-state index contributed by atoms with van der Waals surface area (Å²) in [6.07, 6.45) is 45.4. The fraction of sp³-hybridized carbons (Fsp3) is 0.721. The number of phosphoric ester groups is 1. The average molecular weight is 766 g/mol. The molecule has 2 atom stereocenters. The number of hydrogen-bond acceptors (Lipinski definition) is 8. The predicted octanol–water partition coefficient (Wildman–Crippen LogP) is 11.7. The minimum atomic E-state index is -4.39. The summed E-state index contributed by atoms with van der Waals surface area (Å²) in [4.78, 5) is 34.8. The summed E-state index contributed by atoms with van der Waals surface area (Å²) in [5, 5.41) is 0. The first kappa shape index (κ1) is 50.7. The molecule has 0 aromatic carbocycles. The number of allylic oxidation sites excluding steroid dienone is 10. The molecule has 0 aliphatic carbocycles. The smallest absolute Gasteiger partial charge is 0.462 e. The van der Waals surface area contributed by atoms with Crippen LogP contribution in [0.25, 0.3) is 0 Å². The van der Waals surface area contributed by atoms with Gasteiger partial charge in [0.15, 0.2) is 6.10 Å². The van der Waals surface area contributed by atoms with Crippen molar-refractivity contribution in [3.8, 4) is 0 Å². The summed E-state index contributed by atoms with van der Waals surface area (Å²) in [5.41, 5.74) is 5.34. The molecule has 0 spiro atoms. The van der Waals surface area contributed by atoms with Crippen molar-refractivity contribution in [2.24, 2.45) is 5.73 Å². The maximum Gasteiger partial charge on any atom is 0.472 e. The van der Waals surface area contributed by atoms with Crippen LogP contribution in [0.3, 0.4) is 0 Å². The number of carbonyl (C=O) groups excluding carboxylic acids is 2. The third-order valence-corrected chi connectivity index (χ3v) is 9.36.